The molecule has 0 N–H and O–H groups in total. The van der Waals surface area contributed by atoms with Gasteiger partial charge in [0.15, 0.2) is 0 Å². The second-order valence-electron chi connectivity index (χ2n) is 4.20. The van der Waals surface area contributed by atoms with Crippen LogP contribution in [0.2, 0.25) is 0 Å². The highest BCUT2D eigenvalue weighted by atomic mass is 79.9. The Morgan fingerprint density at radius 2 is 1.71 bits per heavy atom. The van der Waals surface area contributed by atoms with Gasteiger partial charge in [0.1, 0.15) is 11.5 Å². The molecule has 0 saturated carbocycles. The molecule has 0 aliphatic carbocycles. The summed E-state index contributed by atoms with van der Waals surface area (Å²) < 4.78 is 12.4. The summed E-state index contributed by atoms with van der Waals surface area (Å²) in [6, 6.07) is 11.6. The molecule has 2 aromatic rings. The average Bonchev–Trinajstić information content (AvgIpc) is 2.47. The number of aliphatic imine (C=N–C) groups is 1. The topological polar surface area (TPSA) is 30.8 Å². The first kappa shape index (κ1) is 16.0. The minimum atomic E-state index is 0.663. The van der Waals surface area contributed by atoms with Crippen LogP contribution in [-0.4, -0.2) is 19.9 Å². The van der Waals surface area contributed by atoms with Crippen molar-refractivity contribution in [3.8, 4) is 11.5 Å². The van der Waals surface area contributed by atoms with Crippen LogP contribution in [0.3, 0.4) is 0 Å². The highest BCUT2D eigenvalue weighted by Crippen LogP contribution is 2.34. The molecule has 0 aromatic heterocycles. The van der Waals surface area contributed by atoms with Gasteiger partial charge < -0.3 is 9.47 Å². The molecular formula is C16H15Br2NO2. The van der Waals surface area contributed by atoms with Crippen molar-refractivity contribution < 1.29 is 9.47 Å². The normalized spacial score (nSPS) is 10.9. The van der Waals surface area contributed by atoms with E-state index >= 15 is 0 Å². The summed E-state index contributed by atoms with van der Waals surface area (Å²) in [5.41, 5.74) is 1.85. The molecule has 0 aliphatic rings. The van der Waals surface area contributed by atoms with Crippen molar-refractivity contribution in [2.75, 3.05) is 13.7 Å². The molecule has 0 spiro atoms. The monoisotopic (exact) mass is 411 g/mol. The molecule has 0 unspecified atom stereocenters. The zero-order valence-corrected chi connectivity index (χ0v) is 14.9. The van der Waals surface area contributed by atoms with Crippen molar-refractivity contribution in [1.29, 1.82) is 0 Å². The van der Waals surface area contributed by atoms with E-state index in [1.807, 2.05) is 49.5 Å². The maximum absolute atomic E-state index is 5.40. The van der Waals surface area contributed by atoms with Crippen LogP contribution in [0.25, 0.3) is 0 Å². The first-order valence-electron chi connectivity index (χ1n) is 6.44. The number of ether oxygens (including phenoxy) is 2. The van der Waals surface area contributed by atoms with Crippen LogP contribution in [0.1, 0.15) is 12.5 Å². The lowest BCUT2D eigenvalue weighted by atomic mass is 10.2. The minimum absolute atomic E-state index is 0.663. The molecule has 0 aliphatic heterocycles. The maximum Gasteiger partial charge on any atom is 0.147 e. The van der Waals surface area contributed by atoms with Gasteiger partial charge in [0.2, 0.25) is 0 Å². The molecule has 2 aromatic carbocycles. The van der Waals surface area contributed by atoms with Gasteiger partial charge in [-0.2, -0.15) is 0 Å². The van der Waals surface area contributed by atoms with Gasteiger partial charge >= 0.3 is 0 Å². The maximum atomic E-state index is 5.40. The third-order valence-corrected chi connectivity index (χ3v) is 3.91. The molecule has 110 valence electrons. The number of nitrogens with zero attached hydrogens (tertiary/aromatic N) is 1. The van der Waals surface area contributed by atoms with Gasteiger partial charge in [-0.1, -0.05) is 0 Å². The Kier molecular flexibility index (Phi) is 5.82. The van der Waals surface area contributed by atoms with Gasteiger partial charge in [0.25, 0.3) is 0 Å². The molecule has 0 fully saturated rings. The third-order valence-electron chi connectivity index (χ3n) is 2.74. The molecule has 0 bridgehead atoms. The van der Waals surface area contributed by atoms with Gasteiger partial charge in [-0.15, -0.1) is 0 Å². The fraction of sp³-hybridized carbons (Fsp3) is 0.188. The second-order valence-corrected chi connectivity index (χ2v) is 5.91. The van der Waals surface area contributed by atoms with Crippen LogP contribution in [0.15, 0.2) is 50.3 Å². The van der Waals surface area contributed by atoms with E-state index in [1.54, 1.807) is 7.11 Å². The van der Waals surface area contributed by atoms with E-state index in [-0.39, 0.29) is 0 Å². The van der Waals surface area contributed by atoms with Crippen LogP contribution in [0.4, 0.5) is 5.69 Å². The second kappa shape index (κ2) is 7.61. The van der Waals surface area contributed by atoms with Gasteiger partial charge in [-0.3, -0.25) is 4.99 Å². The Morgan fingerprint density at radius 1 is 1.10 bits per heavy atom. The first-order valence-corrected chi connectivity index (χ1v) is 8.02. The quantitative estimate of drug-likeness (QED) is 0.618. The minimum Gasteiger partial charge on any atom is -0.494 e. The first-order chi connectivity index (χ1) is 10.1. The number of halogens is 2. The van der Waals surface area contributed by atoms with Crippen molar-refractivity contribution >= 4 is 43.8 Å². The number of hydrogen-bond acceptors (Lipinski definition) is 3. The third kappa shape index (κ3) is 4.32. The standard InChI is InChI=1S/C16H15Br2NO2/c1-3-21-13-6-4-12(5-7-13)19-10-11-8-14(17)16(20-2)15(18)9-11/h4-10H,3H2,1-2H3. The molecule has 5 heteroatoms. The predicted octanol–water partition coefficient (Wildman–Crippen LogP) is 5.37. The van der Waals surface area contributed by atoms with Crippen LogP contribution in [-0.2, 0) is 0 Å². The largest absolute Gasteiger partial charge is 0.494 e. The summed E-state index contributed by atoms with van der Waals surface area (Å²) in [6.07, 6.45) is 1.81. The van der Waals surface area contributed by atoms with Crippen molar-refractivity contribution in [2.45, 2.75) is 6.92 Å². The molecule has 0 saturated heterocycles. The van der Waals surface area contributed by atoms with Crippen LogP contribution >= 0.6 is 31.9 Å². The average molecular weight is 413 g/mol. The predicted molar refractivity (Wildman–Crippen MR) is 93.3 cm³/mol. The van der Waals surface area contributed by atoms with Gasteiger partial charge in [0, 0.05) is 6.21 Å². The number of benzene rings is 2. The summed E-state index contributed by atoms with van der Waals surface area (Å²) >= 11 is 6.96. The number of rotatable bonds is 5. The van der Waals surface area contributed by atoms with E-state index < -0.39 is 0 Å². The molecule has 0 amide bonds. The zero-order valence-electron chi connectivity index (χ0n) is 11.8. The number of hydrogen-bond donors (Lipinski definition) is 0. The van der Waals surface area contributed by atoms with E-state index in [0.717, 1.165) is 31.7 Å². The summed E-state index contributed by atoms with van der Waals surface area (Å²) in [5, 5.41) is 0. The Labute approximate surface area is 141 Å². The molecule has 0 radical (unpaired) electrons. The van der Waals surface area contributed by atoms with Crippen LogP contribution in [0.5, 0.6) is 11.5 Å². The Balaban J connectivity index is 2.17. The molecule has 0 atom stereocenters. The molecular weight excluding hydrogens is 398 g/mol. The lowest BCUT2D eigenvalue weighted by Crippen LogP contribution is -1.90. The SMILES string of the molecule is CCOc1ccc(N=Cc2cc(Br)c(OC)c(Br)c2)cc1. The van der Waals surface area contributed by atoms with E-state index in [0.29, 0.717) is 6.61 Å². The summed E-state index contributed by atoms with van der Waals surface area (Å²) in [5.74, 6) is 1.62. The van der Waals surface area contributed by atoms with Crippen LogP contribution < -0.4 is 9.47 Å². The lowest BCUT2D eigenvalue weighted by molar-refractivity contribution is 0.340. The highest BCUT2D eigenvalue weighted by Gasteiger charge is 2.06. The van der Waals surface area contributed by atoms with Crippen molar-refractivity contribution in [2.24, 2.45) is 4.99 Å². The van der Waals surface area contributed by atoms with E-state index in [1.165, 1.54) is 0 Å². The molecule has 3 nitrogen and oxygen atoms in total. The van der Waals surface area contributed by atoms with E-state index in [9.17, 15) is 0 Å². The van der Waals surface area contributed by atoms with E-state index in [4.69, 9.17) is 9.47 Å². The molecule has 2 rings (SSSR count). The van der Waals surface area contributed by atoms with Crippen molar-refractivity contribution in [1.82, 2.24) is 0 Å². The fourth-order valence-corrected chi connectivity index (χ4v) is 3.34. The zero-order chi connectivity index (χ0) is 15.2. The smallest absolute Gasteiger partial charge is 0.147 e. The molecule has 21 heavy (non-hydrogen) atoms. The Bertz CT molecular complexity index is 616. The van der Waals surface area contributed by atoms with Gasteiger partial charge in [-0.05, 0) is 80.7 Å². The van der Waals surface area contributed by atoms with Crippen LogP contribution in [0, 0.1) is 0 Å². The highest BCUT2D eigenvalue weighted by molar-refractivity contribution is 9.11. The summed E-state index contributed by atoms with van der Waals surface area (Å²) in [6.45, 7) is 2.63. The Morgan fingerprint density at radius 3 is 2.24 bits per heavy atom. The summed E-state index contributed by atoms with van der Waals surface area (Å²) in [7, 11) is 1.64. The number of methoxy groups -OCH3 is 1. The van der Waals surface area contributed by atoms with Gasteiger partial charge in [-0.25, -0.2) is 0 Å². The molecule has 0 heterocycles. The van der Waals surface area contributed by atoms with Crippen molar-refractivity contribution in [3.63, 3.8) is 0 Å². The van der Waals surface area contributed by atoms with Crippen molar-refractivity contribution in [3.05, 3.63) is 50.9 Å². The summed E-state index contributed by atoms with van der Waals surface area (Å²) in [4.78, 5) is 4.45. The fourth-order valence-electron chi connectivity index (χ4n) is 1.79. The van der Waals surface area contributed by atoms with E-state index in [2.05, 4.69) is 36.9 Å². The lowest BCUT2D eigenvalue weighted by Gasteiger charge is -2.06. The van der Waals surface area contributed by atoms with Gasteiger partial charge in [0.05, 0.1) is 28.3 Å². The Hall–Kier alpha value is -1.33.